The van der Waals surface area contributed by atoms with Gasteiger partial charge in [-0.3, -0.25) is 10.1 Å². The highest BCUT2D eigenvalue weighted by Crippen LogP contribution is 2.32. The highest BCUT2D eigenvalue weighted by atomic mass is 35.5. The van der Waals surface area contributed by atoms with Gasteiger partial charge in [-0.15, -0.1) is 11.3 Å². The summed E-state index contributed by atoms with van der Waals surface area (Å²) < 4.78 is 16.5. The summed E-state index contributed by atoms with van der Waals surface area (Å²) >= 11 is 13.2. The van der Waals surface area contributed by atoms with Gasteiger partial charge in [0.2, 0.25) is 0 Å². The Bertz CT molecular complexity index is 1190. The lowest BCUT2D eigenvalue weighted by Gasteiger charge is -2.07. The van der Waals surface area contributed by atoms with Gasteiger partial charge in [-0.25, -0.2) is 4.98 Å². The highest BCUT2D eigenvalue weighted by Gasteiger charge is 2.13. The first-order valence-electron chi connectivity index (χ1n) is 8.43. The van der Waals surface area contributed by atoms with E-state index in [4.69, 9.17) is 37.1 Å². The Morgan fingerprint density at radius 3 is 2.86 bits per heavy atom. The van der Waals surface area contributed by atoms with Crippen LogP contribution in [0.25, 0.3) is 22.4 Å². The predicted molar refractivity (Wildman–Crippen MR) is 114 cm³/mol. The van der Waals surface area contributed by atoms with Crippen LogP contribution < -0.4 is 14.8 Å². The molecular weight excluding hydrogens is 435 g/mol. The number of carbonyl (C=O) groups excluding carboxylic acids is 1. The Hall–Kier alpha value is -2.74. The lowest BCUT2D eigenvalue weighted by atomic mass is 10.2. The maximum absolute atomic E-state index is 12.1. The number of halogens is 2. The second-order valence-corrected chi connectivity index (χ2v) is 7.67. The molecule has 2 aromatic carbocycles. The van der Waals surface area contributed by atoms with Crippen molar-refractivity contribution in [1.29, 1.82) is 0 Å². The predicted octanol–water partition coefficient (Wildman–Crippen LogP) is 5.89. The number of benzene rings is 2. The molecule has 2 heterocycles. The SMILES string of the molecule is COc1ccc2oc(-c3csc(NC(=O)COc4ccc(Cl)cc4Cl)n3)cc2c1. The quantitative estimate of drug-likeness (QED) is 0.398. The van der Waals surface area contributed by atoms with Crippen molar-refractivity contribution >= 4 is 56.5 Å². The molecule has 0 fully saturated rings. The van der Waals surface area contributed by atoms with Crippen LogP contribution in [-0.2, 0) is 4.79 Å². The lowest BCUT2D eigenvalue weighted by molar-refractivity contribution is -0.118. The molecule has 1 amide bonds. The third kappa shape index (κ3) is 4.48. The van der Waals surface area contributed by atoms with Gasteiger partial charge in [0.05, 0.1) is 12.1 Å². The molecule has 6 nitrogen and oxygen atoms in total. The minimum absolute atomic E-state index is 0.208. The minimum Gasteiger partial charge on any atom is -0.497 e. The van der Waals surface area contributed by atoms with E-state index in [9.17, 15) is 4.79 Å². The number of nitrogens with one attached hydrogen (secondary N) is 1. The van der Waals surface area contributed by atoms with Crippen molar-refractivity contribution in [2.75, 3.05) is 19.0 Å². The third-order valence-electron chi connectivity index (χ3n) is 3.98. The molecule has 2 aromatic heterocycles. The van der Waals surface area contributed by atoms with Gasteiger partial charge in [-0.2, -0.15) is 0 Å². The van der Waals surface area contributed by atoms with Crippen LogP contribution in [0, 0.1) is 0 Å². The van der Waals surface area contributed by atoms with Crippen molar-refractivity contribution in [2.45, 2.75) is 0 Å². The zero-order valence-electron chi connectivity index (χ0n) is 15.1. The molecule has 0 saturated carbocycles. The van der Waals surface area contributed by atoms with Gasteiger partial charge in [0.25, 0.3) is 5.91 Å². The number of nitrogens with zero attached hydrogens (tertiary/aromatic N) is 1. The molecule has 0 aliphatic rings. The maximum Gasteiger partial charge on any atom is 0.264 e. The molecule has 0 atom stereocenters. The molecular formula is C20H14Cl2N2O4S. The fourth-order valence-corrected chi connectivity index (χ4v) is 3.79. The van der Waals surface area contributed by atoms with E-state index in [-0.39, 0.29) is 12.5 Å². The first-order valence-corrected chi connectivity index (χ1v) is 10.1. The lowest BCUT2D eigenvalue weighted by Crippen LogP contribution is -2.20. The summed E-state index contributed by atoms with van der Waals surface area (Å²) in [6, 6.07) is 12.2. The van der Waals surface area contributed by atoms with Crippen LogP contribution >= 0.6 is 34.5 Å². The van der Waals surface area contributed by atoms with Crippen LogP contribution in [0.5, 0.6) is 11.5 Å². The molecule has 0 aliphatic carbocycles. The summed E-state index contributed by atoms with van der Waals surface area (Å²) in [5.74, 6) is 1.38. The Morgan fingerprint density at radius 1 is 1.21 bits per heavy atom. The molecule has 4 aromatic rings. The van der Waals surface area contributed by atoms with Gasteiger partial charge in [0.1, 0.15) is 22.8 Å². The molecule has 1 N–H and O–H groups in total. The van der Waals surface area contributed by atoms with Gasteiger partial charge in [-0.1, -0.05) is 23.2 Å². The Balaban J connectivity index is 1.41. The number of anilines is 1. The van der Waals surface area contributed by atoms with Crippen LogP contribution in [0.15, 0.2) is 52.3 Å². The van der Waals surface area contributed by atoms with Crippen LogP contribution in [0.3, 0.4) is 0 Å². The minimum atomic E-state index is -0.355. The highest BCUT2D eigenvalue weighted by molar-refractivity contribution is 7.14. The Morgan fingerprint density at radius 2 is 2.07 bits per heavy atom. The summed E-state index contributed by atoms with van der Waals surface area (Å²) in [4.78, 5) is 16.6. The molecule has 9 heteroatoms. The molecule has 4 rings (SSSR count). The molecule has 0 bridgehead atoms. The van der Waals surface area contributed by atoms with Gasteiger partial charge < -0.3 is 13.9 Å². The van der Waals surface area contributed by atoms with Gasteiger partial charge in [-0.05, 0) is 42.5 Å². The first kappa shape index (κ1) is 19.6. The molecule has 29 heavy (non-hydrogen) atoms. The largest absolute Gasteiger partial charge is 0.497 e. The molecule has 0 spiro atoms. The molecule has 0 radical (unpaired) electrons. The fraction of sp³-hybridized carbons (Fsp3) is 0.100. The van der Waals surface area contributed by atoms with E-state index in [1.807, 2.05) is 29.6 Å². The van der Waals surface area contributed by atoms with Gasteiger partial charge in [0.15, 0.2) is 17.5 Å². The summed E-state index contributed by atoms with van der Waals surface area (Å²) in [5, 5.41) is 6.68. The van der Waals surface area contributed by atoms with E-state index in [1.54, 1.807) is 25.3 Å². The number of carbonyl (C=O) groups is 1. The van der Waals surface area contributed by atoms with E-state index < -0.39 is 0 Å². The number of fused-ring (bicyclic) bond motifs is 1. The summed E-state index contributed by atoms with van der Waals surface area (Å²) in [6.07, 6.45) is 0. The van der Waals surface area contributed by atoms with Crippen LogP contribution in [-0.4, -0.2) is 24.6 Å². The van der Waals surface area contributed by atoms with Gasteiger partial charge in [0, 0.05) is 15.8 Å². The fourth-order valence-electron chi connectivity index (χ4n) is 2.61. The Labute approximate surface area is 180 Å². The zero-order chi connectivity index (χ0) is 20.4. The van der Waals surface area contributed by atoms with Crippen molar-refractivity contribution in [1.82, 2.24) is 4.98 Å². The average molecular weight is 449 g/mol. The topological polar surface area (TPSA) is 73.6 Å². The summed E-state index contributed by atoms with van der Waals surface area (Å²) in [7, 11) is 1.61. The van der Waals surface area contributed by atoms with E-state index in [1.165, 1.54) is 11.3 Å². The average Bonchev–Trinajstić information content (AvgIpc) is 3.33. The van der Waals surface area contributed by atoms with Crippen molar-refractivity contribution < 1.29 is 18.7 Å². The van der Waals surface area contributed by atoms with Crippen LogP contribution in [0.4, 0.5) is 5.13 Å². The summed E-state index contributed by atoms with van der Waals surface area (Å²) in [5.41, 5.74) is 1.36. The smallest absolute Gasteiger partial charge is 0.264 e. The van der Waals surface area contributed by atoms with E-state index in [0.717, 1.165) is 16.7 Å². The first-order chi connectivity index (χ1) is 14.0. The number of aromatic nitrogens is 1. The second-order valence-electron chi connectivity index (χ2n) is 5.96. The number of hydrogen-bond donors (Lipinski definition) is 1. The Kier molecular flexibility index (Phi) is 5.62. The van der Waals surface area contributed by atoms with Crippen molar-refractivity contribution in [3.05, 3.63) is 57.9 Å². The monoisotopic (exact) mass is 448 g/mol. The maximum atomic E-state index is 12.1. The molecule has 148 valence electrons. The van der Waals surface area contributed by atoms with E-state index in [0.29, 0.717) is 32.4 Å². The zero-order valence-corrected chi connectivity index (χ0v) is 17.4. The van der Waals surface area contributed by atoms with E-state index >= 15 is 0 Å². The molecule has 0 saturated heterocycles. The molecule has 0 unspecified atom stereocenters. The van der Waals surface area contributed by atoms with Gasteiger partial charge >= 0.3 is 0 Å². The summed E-state index contributed by atoms with van der Waals surface area (Å²) in [6.45, 7) is -0.208. The van der Waals surface area contributed by atoms with Crippen LogP contribution in [0.2, 0.25) is 10.0 Å². The number of rotatable bonds is 6. The standard InChI is InChI=1S/C20H14Cl2N2O4S/c1-26-13-3-5-16-11(6-13)7-18(28-16)15-10-29-20(23-15)24-19(25)9-27-17-4-2-12(21)8-14(17)22/h2-8,10H,9H2,1H3,(H,23,24,25). The second kappa shape index (κ2) is 8.32. The normalized spacial score (nSPS) is 10.9. The van der Waals surface area contributed by atoms with E-state index in [2.05, 4.69) is 10.3 Å². The molecule has 0 aliphatic heterocycles. The number of thiazole rings is 1. The van der Waals surface area contributed by atoms with Crippen molar-refractivity contribution in [3.8, 4) is 23.0 Å². The third-order valence-corrected chi connectivity index (χ3v) is 5.27. The number of methoxy groups -OCH3 is 1. The number of amides is 1. The van der Waals surface area contributed by atoms with Crippen molar-refractivity contribution in [3.63, 3.8) is 0 Å². The number of hydrogen-bond acceptors (Lipinski definition) is 6. The number of ether oxygens (including phenoxy) is 2. The van der Waals surface area contributed by atoms with Crippen molar-refractivity contribution in [2.24, 2.45) is 0 Å². The number of furan rings is 1. The van der Waals surface area contributed by atoms with Crippen LogP contribution in [0.1, 0.15) is 0 Å².